The van der Waals surface area contributed by atoms with Crippen molar-refractivity contribution in [1.82, 2.24) is 20.2 Å². The Morgan fingerprint density at radius 3 is 2.45 bits per heavy atom. The lowest BCUT2D eigenvalue weighted by Gasteiger charge is -2.21. The molecular formula is C35H34Cl4N6O4. The summed E-state index contributed by atoms with van der Waals surface area (Å²) in [6.45, 7) is 2.02. The molecule has 14 heteroatoms. The summed E-state index contributed by atoms with van der Waals surface area (Å²) in [7, 11) is 3.24. The SMILES string of the molecule is Cc1ccc2cccc(OCc3c(Cl)ccc(N(C)C(=O)CNC(=O)Nc4cccc(C(=O)N(C)Cc5cccnc5)c4)c3Cl)c2n1.Cl.Cl. The summed E-state index contributed by atoms with van der Waals surface area (Å²) < 4.78 is 6.09. The normalized spacial score (nSPS) is 10.3. The second-order valence-electron chi connectivity index (χ2n) is 10.8. The zero-order chi connectivity index (χ0) is 33.5. The van der Waals surface area contributed by atoms with Gasteiger partial charge in [-0.05, 0) is 61.0 Å². The Morgan fingerprint density at radius 1 is 0.918 bits per heavy atom. The van der Waals surface area contributed by atoms with Gasteiger partial charge in [0.25, 0.3) is 5.91 Å². The molecule has 0 fully saturated rings. The molecule has 0 unspecified atom stereocenters. The minimum atomic E-state index is -0.615. The molecule has 3 aromatic carbocycles. The molecule has 2 aromatic heterocycles. The minimum absolute atomic E-state index is 0. The Labute approximate surface area is 306 Å². The number of urea groups is 1. The molecule has 0 aliphatic carbocycles. The molecule has 0 aliphatic rings. The summed E-state index contributed by atoms with van der Waals surface area (Å²) in [6, 6.07) is 22.5. The van der Waals surface area contributed by atoms with Gasteiger partial charge in [-0.15, -0.1) is 24.8 Å². The summed E-state index contributed by atoms with van der Waals surface area (Å²) in [5.74, 6) is -0.0656. The van der Waals surface area contributed by atoms with Gasteiger partial charge in [0, 0.05) is 66.0 Å². The number of benzene rings is 3. The Bertz CT molecular complexity index is 1950. The highest BCUT2D eigenvalue weighted by atomic mass is 35.5. The van der Waals surface area contributed by atoms with Crippen molar-refractivity contribution in [2.45, 2.75) is 20.1 Å². The van der Waals surface area contributed by atoms with E-state index in [1.807, 2.05) is 49.4 Å². The molecule has 0 aliphatic heterocycles. The number of anilines is 2. The highest BCUT2D eigenvalue weighted by Crippen LogP contribution is 2.35. The first-order chi connectivity index (χ1) is 22.6. The molecular weight excluding hydrogens is 710 g/mol. The number of hydrogen-bond acceptors (Lipinski definition) is 6. The lowest BCUT2D eigenvalue weighted by atomic mass is 10.1. The van der Waals surface area contributed by atoms with Crippen LogP contribution in [-0.2, 0) is 17.9 Å². The minimum Gasteiger partial charge on any atom is -0.487 e. The molecule has 256 valence electrons. The van der Waals surface area contributed by atoms with E-state index in [2.05, 4.69) is 20.6 Å². The predicted molar refractivity (Wildman–Crippen MR) is 199 cm³/mol. The van der Waals surface area contributed by atoms with Crippen LogP contribution in [0.2, 0.25) is 10.0 Å². The molecule has 0 saturated carbocycles. The van der Waals surface area contributed by atoms with E-state index in [0.717, 1.165) is 22.2 Å². The van der Waals surface area contributed by atoms with E-state index >= 15 is 0 Å². The van der Waals surface area contributed by atoms with E-state index < -0.39 is 11.9 Å². The molecule has 49 heavy (non-hydrogen) atoms. The third-order valence-electron chi connectivity index (χ3n) is 7.35. The first kappa shape index (κ1) is 38.8. The number of para-hydroxylation sites is 1. The quantitative estimate of drug-likeness (QED) is 0.151. The molecule has 0 bridgehead atoms. The van der Waals surface area contributed by atoms with Crippen LogP contribution in [0.15, 0.2) is 91.3 Å². The molecule has 0 spiro atoms. The summed E-state index contributed by atoms with van der Waals surface area (Å²) in [5.41, 5.74) is 4.17. The Kier molecular flexibility index (Phi) is 14.0. The van der Waals surface area contributed by atoms with E-state index in [1.54, 1.807) is 67.8 Å². The maximum Gasteiger partial charge on any atom is 0.319 e. The van der Waals surface area contributed by atoms with Crippen molar-refractivity contribution in [2.75, 3.05) is 30.9 Å². The van der Waals surface area contributed by atoms with E-state index in [4.69, 9.17) is 27.9 Å². The molecule has 10 nitrogen and oxygen atoms in total. The third kappa shape index (κ3) is 9.73. The van der Waals surface area contributed by atoms with Gasteiger partial charge in [0.2, 0.25) is 5.91 Å². The van der Waals surface area contributed by atoms with Crippen LogP contribution in [0.3, 0.4) is 0 Å². The maximum absolute atomic E-state index is 13.1. The van der Waals surface area contributed by atoms with Crippen LogP contribution in [0.25, 0.3) is 10.9 Å². The van der Waals surface area contributed by atoms with Crippen molar-refractivity contribution in [3.8, 4) is 5.75 Å². The number of carbonyl (C=O) groups excluding carboxylic acids is 3. The number of nitrogens with one attached hydrogen (secondary N) is 2. The van der Waals surface area contributed by atoms with Gasteiger partial charge in [0.15, 0.2) is 0 Å². The smallest absolute Gasteiger partial charge is 0.319 e. The first-order valence-electron chi connectivity index (χ1n) is 14.6. The van der Waals surface area contributed by atoms with Crippen molar-refractivity contribution in [3.05, 3.63) is 124 Å². The number of carbonyl (C=O) groups is 3. The topological polar surface area (TPSA) is 117 Å². The van der Waals surface area contributed by atoms with Crippen LogP contribution in [0.1, 0.15) is 27.2 Å². The van der Waals surface area contributed by atoms with Crippen molar-refractivity contribution >= 4 is 88.1 Å². The van der Waals surface area contributed by atoms with Crippen molar-refractivity contribution in [3.63, 3.8) is 0 Å². The number of ether oxygens (including phenoxy) is 1. The number of aryl methyl sites for hydroxylation is 1. The Balaban J connectivity index is 0.00000325. The summed E-state index contributed by atoms with van der Waals surface area (Å²) in [5, 5.41) is 6.79. The molecule has 5 rings (SSSR count). The average molecular weight is 745 g/mol. The maximum atomic E-state index is 13.1. The fraction of sp³-hybridized carbons (Fsp3) is 0.171. The largest absolute Gasteiger partial charge is 0.487 e. The van der Waals surface area contributed by atoms with Gasteiger partial charge in [-0.1, -0.05) is 53.5 Å². The van der Waals surface area contributed by atoms with Crippen LogP contribution in [0.4, 0.5) is 16.2 Å². The summed E-state index contributed by atoms with van der Waals surface area (Å²) in [6.07, 6.45) is 3.37. The van der Waals surface area contributed by atoms with Crippen molar-refractivity contribution in [1.29, 1.82) is 0 Å². The van der Waals surface area contributed by atoms with E-state index in [9.17, 15) is 14.4 Å². The number of amides is 4. The lowest BCUT2D eigenvalue weighted by Crippen LogP contribution is -2.40. The number of fused-ring (bicyclic) bond motifs is 1. The zero-order valence-corrected chi connectivity index (χ0v) is 29.9. The molecule has 5 aromatic rings. The van der Waals surface area contributed by atoms with Gasteiger partial charge in [0.05, 0.1) is 17.3 Å². The standard InChI is InChI=1S/C35H32Cl2N6O4.2ClH/c1-22-12-13-24-8-5-11-30(33(24)40-22)47-21-27-28(36)14-15-29(32(27)37)43(3)31(44)19-39-35(46)41-26-10-4-9-25(17-26)34(45)42(2)20-23-7-6-16-38-18-23;;/h4-18H,19-21H2,1-3H3,(H2,39,41,46);2*1H. The number of pyridine rings is 2. The van der Waals surface area contributed by atoms with Crippen molar-refractivity contribution < 1.29 is 19.1 Å². The van der Waals surface area contributed by atoms with Gasteiger partial charge in [-0.25, -0.2) is 9.78 Å². The average Bonchev–Trinajstić information content (AvgIpc) is 3.07. The highest BCUT2D eigenvalue weighted by molar-refractivity contribution is 6.38. The second-order valence-corrected chi connectivity index (χ2v) is 11.6. The molecule has 4 amide bonds. The fourth-order valence-corrected chi connectivity index (χ4v) is 5.44. The monoisotopic (exact) mass is 742 g/mol. The van der Waals surface area contributed by atoms with Gasteiger partial charge in [-0.3, -0.25) is 14.6 Å². The van der Waals surface area contributed by atoms with Gasteiger partial charge in [-0.2, -0.15) is 0 Å². The molecule has 2 heterocycles. The van der Waals surface area contributed by atoms with Crippen LogP contribution in [-0.4, -0.2) is 53.4 Å². The fourth-order valence-electron chi connectivity index (χ4n) is 4.83. The molecule has 0 saturated heterocycles. The van der Waals surface area contributed by atoms with Gasteiger partial charge in [0.1, 0.15) is 17.9 Å². The molecule has 2 N–H and O–H groups in total. The van der Waals surface area contributed by atoms with E-state index in [0.29, 0.717) is 39.8 Å². The van der Waals surface area contributed by atoms with Gasteiger partial charge < -0.3 is 25.2 Å². The number of likely N-dealkylation sites (N-methyl/N-ethyl adjacent to an activating group) is 1. The van der Waals surface area contributed by atoms with E-state index in [-0.39, 0.29) is 48.9 Å². The van der Waals surface area contributed by atoms with Crippen LogP contribution >= 0.6 is 48.0 Å². The Hall–Kier alpha value is -4.61. The highest BCUT2D eigenvalue weighted by Gasteiger charge is 2.20. The lowest BCUT2D eigenvalue weighted by molar-refractivity contribution is -0.117. The summed E-state index contributed by atoms with van der Waals surface area (Å²) in [4.78, 5) is 50.3. The number of rotatable bonds is 10. The zero-order valence-electron chi connectivity index (χ0n) is 26.8. The second kappa shape index (κ2) is 17.7. The van der Waals surface area contributed by atoms with Crippen LogP contribution in [0, 0.1) is 6.92 Å². The number of halogens is 4. The Morgan fingerprint density at radius 2 is 1.69 bits per heavy atom. The first-order valence-corrected chi connectivity index (χ1v) is 15.4. The van der Waals surface area contributed by atoms with Gasteiger partial charge >= 0.3 is 6.03 Å². The van der Waals surface area contributed by atoms with Crippen LogP contribution < -0.4 is 20.3 Å². The molecule has 0 radical (unpaired) electrons. The number of hydrogen-bond donors (Lipinski definition) is 2. The van der Waals surface area contributed by atoms with Crippen molar-refractivity contribution in [2.24, 2.45) is 0 Å². The number of aromatic nitrogens is 2. The predicted octanol–water partition coefficient (Wildman–Crippen LogP) is 7.72. The number of nitrogens with zero attached hydrogens (tertiary/aromatic N) is 4. The summed E-state index contributed by atoms with van der Waals surface area (Å²) >= 11 is 13.2. The van der Waals surface area contributed by atoms with Crippen LogP contribution in [0.5, 0.6) is 5.75 Å². The van der Waals surface area contributed by atoms with E-state index in [1.165, 1.54) is 4.90 Å². The molecule has 0 atom stereocenters. The third-order valence-corrected chi connectivity index (χ3v) is 8.13.